The van der Waals surface area contributed by atoms with Crippen molar-refractivity contribution in [3.63, 3.8) is 0 Å². The van der Waals surface area contributed by atoms with Gasteiger partial charge in [-0.2, -0.15) is 11.8 Å². The van der Waals surface area contributed by atoms with Crippen molar-refractivity contribution in [2.24, 2.45) is 11.1 Å². The molecule has 2 N–H and O–H groups in total. The largest absolute Gasteiger partial charge is 0.327 e. The van der Waals surface area contributed by atoms with Crippen LogP contribution in [0.25, 0.3) is 0 Å². The lowest BCUT2D eigenvalue weighted by molar-refractivity contribution is 0.299. The van der Waals surface area contributed by atoms with E-state index in [0.717, 1.165) is 0 Å². The van der Waals surface area contributed by atoms with Gasteiger partial charge in [0.15, 0.2) is 0 Å². The fourth-order valence-corrected chi connectivity index (χ4v) is 2.02. The van der Waals surface area contributed by atoms with Crippen LogP contribution in [0.2, 0.25) is 0 Å². The fourth-order valence-electron chi connectivity index (χ4n) is 1.32. The molecule has 0 bridgehead atoms. The fraction of sp³-hybridized carbons (Fsp3) is 1.00. The van der Waals surface area contributed by atoms with Crippen molar-refractivity contribution in [2.45, 2.75) is 59.4 Å². The number of nitrogens with two attached hydrogens (primary N) is 1. The Morgan fingerprint density at radius 1 is 1.14 bits per heavy atom. The molecule has 0 aromatic heterocycles. The van der Waals surface area contributed by atoms with E-state index in [9.17, 15) is 0 Å². The lowest BCUT2D eigenvalue weighted by Gasteiger charge is -2.26. The lowest BCUT2D eigenvalue weighted by Crippen LogP contribution is -2.34. The van der Waals surface area contributed by atoms with Gasteiger partial charge >= 0.3 is 0 Å². The quantitative estimate of drug-likeness (QED) is 0.658. The first-order valence-electron chi connectivity index (χ1n) is 5.81. The summed E-state index contributed by atoms with van der Waals surface area (Å²) >= 11 is 2.04. The van der Waals surface area contributed by atoms with Gasteiger partial charge in [-0.25, -0.2) is 0 Å². The normalized spacial score (nSPS) is 14.4. The molecular weight excluding hydrogens is 190 g/mol. The molecule has 0 saturated carbocycles. The van der Waals surface area contributed by atoms with E-state index in [4.69, 9.17) is 5.73 Å². The van der Waals surface area contributed by atoms with E-state index in [-0.39, 0.29) is 5.41 Å². The van der Waals surface area contributed by atoms with Gasteiger partial charge in [-0.05, 0) is 29.8 Å². The highest BCUT2D eigenvalue weighted by Crippen LogP contribution is 2.21. The van der Waals surface area contributed by atoms with E-state index in [0.29, 0.717) is 6.04 Å². The van der Waals surface area contributed by atoms with Gasteiger partial charge in [-0.1, -0.05) is 40.5 Å². The van der Waals surface area contributed by atoms with Gasteiger partial charge in [0.05, 0.1) is 0 Å². The SMILES string of the molecule is CCSCCCCCC(N)C(C)(C)C. The minimum absolute atomic E-state index is 0.276. The molecule has 1 nitrogen and oxygen atoms in total. The summed E-state index contributed by atoms with van der Waals surface area (Å²) in [5, 5.41) is 0. The molecule has 0 aliphatic rings. The molecule has 14 heavy (non-hydrogen) atoms. The second kappa shape index (κ2) is 7.58. The molecule has 1 unspecified atom stereocenters. The van der Waals surface area contributed by atoms with Crippen LogP contribution in [-0.2, 0) is 0 Å². The minimum Gasteiger partial charge on any atom is -0.327 e. The van der Waals surface area contributed by atoms with Crippen molar-refractivity contribution in [2.75, 3.05) is 11.5 Å². The van der Waals surface area contributed by atoms with Gasteiger partial charge in [0.1, 0.15) is 0 Å². The summed E-state index contributed by atoms with van der Waals surface area (Å²) in [6.45, 7) is 8.90. The Labute approximate surface area is 94.2 Å². The maximum Gasteiger partial charge on any atom is 0.00876 e. The highest BCUT2D eigenvalue weighted by Gasteiger charge is 2.19. The monoisotopic (exact) mass is 217 g/mol. The van der Waals surface area contributed by atoms with E-state index < -0.39 is 0 Å². The van der Waals surface area contributed by atoms with E-state index in [1.807, 2.05) is 11.8 Å². The molecule has 0 amide bonds. The van der Waals surface area contributed by atoms with Crippen molar-refractivity contribution < 1.29 is 0 Å². The third-order valence-corrected chi connectivity index (χ3v) is 3.61. The average molecular weight is 217 g/mol. The molecule has 0 saturated heterocycles. The van der Waals surface area contributed by atoms with Crippen molar-refractivity contribution in [1.29, 1.82) is 0 Å². The summed E-state index contributed by atoms with van der Waals surface area (Å²) in [4.78, 5) is 0. The molecule has 0 aliphatic carbocycles. The van der Waals surface area contributed by atoms with E-state index in [1.165, 1.54) is 37.2 Å². The second-order valence-electron chi connectivity index (χ2n) is 5.02. The Kier molecular flexibility index (Phi) is 7.75. The number of rotatable bonds is 7. The Bertz CT molecular complexity index is 129. The Hall–Kier alpha value is 0.310. The minimum atomic E-state index is 0.276. The van der Waals surface area contributed by atoms with Crippen LogP contribution >= 0.6 is 11.8 Å². The third kappa shape index (κ3) is 7.69. The van der Waals surface area contributed by atoms with Crippen molar-refractivity contribution >= 4 is 11.8 Å². The smallest absolute Gasteiger partial charge is 0.00876 e. The van der Waals surface area contributed by atoms with Gasteiger partial charge < -0.3 is 5.73 Å². The average Bonchev–Trinajstić information content (AvgIpc) is 2.09. The Morgan fingerprint density at radius 3 is 2.29 bits per heavy atom. The molecule has 1 atom stereocenters. The Morgan fingerprint density at radius 2 is 1.79 bits per heavy atom. The second-order valence-corrected chi connectivity index (χ2v) is 6.41. The maximum atomic E-state index is 6.09. The van der Waals surface area contributed by atoms with Crippen molar-refractivity contribution in [1.82, 2.24) is 0 Å². The summed E-state index contributed by atoms with van der Waals surface area (Å²) in [5.41, 5.74) is 6.36. The van der Waals surface area contributed by atoms with Crippen LogP contribution in [0.4, 0.5) is 0 Å². The zero-order valence-corrected chi connectivity index (χ0v) is 11.1. The first kappa shape index (κ1) is 14.3. The van der Waals surface area contributed by atoms with Crippen LogP contribution in [0.1, 0.15) is 53.4 Å². The molecule has 0 radical (unpaired) electrons. The standard InChI is InChI=1S/C12H27NS/c1-5-14-10-8-6-7-9-11(13)12(2,3)4/h11H,5-10,13H2,1-4H3. The van der Waals surface area contributed by atoms with Crippen LogP contribution in [0, 0.1) is 5.41 Å². The molecule has 0 fully saturated rings. The summed E-state index contributed by atoms with van der Waals surface area (Å²) in [7, 11) is 0. The molecule has 86 valence electrons. The number of hydrogen-bond donors (Lipinski definition) is 1. The zero-order chi connectivity index (χ0) is 11.0. The van der Waals surface area contributed by atoms with E-state index in [1.54, 1.807) is 0 Å². The van der Waals surface area contributed by atoms with Crippen LogP contribution in [-0.4, -0.2) is 17.5 Å². The van der Waals surface area contributed by atoms with Crippen molar-refractivity contribution in [3.8, 4) is 0 Å². The summed E-state index contributed by atoms with van der Waals surface area (Å²) in [6, 6.07) is 0.362. The number of unbranched alkanes of at least 4 members (excludes halogenated alkanes) is 2. The first-order chi connectivity index (χ1) is 6.48. The highest BCUT2D eigenvalue weighted by molar-refractivity contribution is 7.99. The predicted octanol–water partition coefficient (Wildman–Crippen LogP) is 3.67. The molecule has 2 heteroatoms. The van der Waals surface area contributed by atoms with Crippen LogP contribution < -0.4 is 5.73 Å². The molecular formula is C12H27NS. The van der Waals surface area contributed by atoms with Gasteiger partial charge in [0.25, 0.3) is 0 Å². The Balaban J connectivity index is 3.28. The van der Waals surface area contributed by atoms with Gasteiger partial charge in [-0.15, -0.1) is 0 Å². The third-order valence-electron chi connectivity index (χ3n) is 2.62. The van der Waals surface area contributed by atoms with Gasteiger partial charge in [0.2, 0.25) is 0 Å². The first-order valence-corrected chi connectivity index (χ1v) is 6.97. The molecule has 0 aromatic rings. The maximum absolute atomic E-state index is 6.09. The highest BCUT2D eigenvalue weighted by atomic mass is 32.2. The summed E-state index contributed by atoms with van der Waals surface area (Å²) in [6.07, 6.45) is 5.18. The van der Waals surface area contributed by atoms with Crippen LogP contribution in [0.5, 0.6) is 0 Å². The predicted molar refractivity (Wildman–Crippen MR) is 68.9 cm³/mol. The number of thioether (sulfide) groups is 1. The van der Waals surface area contributed by atoms with E-state index in [2.05, 4.69) is 27.7 Å². The van der Waals surface area contributed by atoms with Crippen LogP contribution in [0.3, 0.4) is 0 Å². The van der Waals surface area contributed by atoms with Gasteiger partial charge in [0, 0.05) is 6.04 Å². The van der Waals surface area contributed by atoms with E-state index >= 15 is 0 Å². The topological polar surface area (TPSA) is 26.0 Å². The molecule has 0 rings (SSSR count). The van der Waals surface area contributed by atoms with Crippen molar-refractivity contribution in [3.05, 3.63) is 0 Å². The molecule has 0 aromatic carbocycles. The lowest BCUT2D eigenvalue weighted by atomic mass is 9.84. The molecule has 0 aliphatic heterocycles. The number of hydrogen-bond acceptors (Lipinski definition) is 2. The zero-order valence-electron chi connectivity index (χ0n) is 10.3. The summed E-state index contributed by atoms with van der Waals surface area (Å²) < 4.78 is 0. The van der Waals surface area contributed by atoms with Gasteiger partial charge in [-0.3, -0.25) is 0 Å². The van der Waals surface area contributed by atoms with Crippen LogP contribution in [0.15, 0.2) is 0 Å². The molecule has 0 spiro atoms. The summed E-state index contributed by atoms with van der Waals surface area (Å²) in [5.74, 6) is 2.57. The molecule has 0 heterocycles.